The quantitative estimate of drug-likeness (QED) is 0.795. The van der Waals surface area contributed by atoms with E-state index in [1.165, 1.54) is 11.0 Å². The first-order valence-electron chi connectivity index (χ1n) is 5.30. The maximum atomic E-state index is 11.3. The summed E-state index contributed by atoms with van der Waals surface area (Å²) in [5.41, 5.74) is 1.14. The number of carbonyl (C=O) groups excluding carboxylic acids is 1. The van der Waals surface area contributed by atoms with Crippen LogP contribution in [0.15, 0.2) is 12.2 Å². The maximum Gasteiger partial charge on any atom is 0.249 e. The van der Waals surface area contributed by atoms with Gasteiger partial charge in [-0.3, -0.25) is 10.1 Å². The molecular formula is C11H15N3OS. The lowest BCUT2D eigenvalue weighted by atomic mass is 10.2. The first-order valence-corrected chi connectivity index (χ1v) is 6.11. The van der Waals surface area contributed by atoms with Crippen LogP contribution in [0.25, 0.3) is 0 Å². The number of carbonyl (C=O) groups is 1. The second kappa shape index (κ2) is 4.76. The molecule has 0 unspecified atom stereocenters. The largest absolute Gasteiger partial charge is 0.301 e. The molecule has 0 spiro atoms. The van der Waals surface area contributed by atoms with E-state index in [9.17, 15) is 4.79 Å². The third-order valence-corrected chi connectivity index (χ3v) is 3.47. The number of hydrogen-bond acceptors (Lipinski definition) is 4. The normalized spacial score (nSPS) is 16.4. The fraction of sp³-hybridized carbons (Fsp3) is 0.455. The molecule has 0 atom stereocenters. The van der Waals surface area contributed by atoms with Gasteiger partial charge in [-0.25, -0.2) is 4.98 Å². The molecule has 1 aromatic rings. The number of nitrogens with one attached hydrogen (secondary N) is 1. The van der Waals surface area contributed by atoms with Gasteiger partial charge in [-0.05, 0) is 20.0 Å². The van der Waals surface area contributed by atoms with Gasteiger partial charge in [0.05, 0.1) is 5.69 Å². The molecule has 2 rings (SSSR count). The monoisotopic (exact) mass is 237 g/mol. The van der Waals surface area contributed by atoms with Gasteiger partial charge in [-0.15, -0.1) is 11.3 Å². The number of hydrogen-bond donors (Lipinski definition) is 1. The molecule has 1 aliphatic heterocycles. The van der Waals surface area contributed by atoms with Crippen molar-refractivity contribution < 1.29 is 4.79 Å². The number of fused-ring (bicyclic) bond motifs is 1. The molecule has 0 aromatic carbocycles. The van der Waals surface area contributed by atoms with Crippen LogP contribution in [0, 0.1) is 0 Å². The highest BCUT2D eigenvalue weighted by molar-refractivity contribution is 7.15. The van der Waals surface area contributed by atoms with Crippen molar-refractivity contribution in [1.82, 2.24) is 9.88 Å². The smallest absolute Gasteiger partial charge is 0.249 e. The van der Waals surface area contributed by atoms with Crippen LogP contribution in [0.1, 0.15) is 17.5 Å². The van der Waals surface area contributed by atoms with Crippen molar-refractivity contribution in [2.75, 3.05) is 18.9 Å². The second-order valence-corrected chi connectivity index (χ2v) is 4.95. The SMILES string of the molecule is C/C=C/C(=O)Nc1nc2c(s1)CN(C)CC2. The van der Waals surface area contributed by atoms with Crippen molar-refractivity contribution in [2.45, 2.75) is 19.9 Å². The Labute approximate surface area is 99.0 Å². The van der Waals surface area contributed by atoms with Gasteiger partial charge < -0.3 is 4.90 Å². The predicted octanol–water partition coefficient (Wildman–Crippen LogP) is 1.65. The van der Waals surface area contributed by atoms with Crippen LogP contribution < -0.4 is 5.32 Å². The standard InChI is InChI=1S/C11H15N3OS/c1-3-4-10(15)13-11-12-8-5-6-14(2)7-9(8)16-11/h3-4H,5-7H2,1-2H3,(H,12,13,15)/b4-3+. The van der Waals surface area contributed by atoms with E-state index in [1.54, 1.807) is 17.4 Å². The van der Waals surface area contributed by atoms with Crippen molar-refractivity contribution in [3.63, 3.8) is 0 Å². The van der Waals surface area contributed by atoms with Gasteiger partial charge in [0.2, 0.25) is 5.91 Å². The molecule has 1 aliphatic rings. The van der Waals surface area contributed by atoms with Crippen molar-refractivity contribution in [3.05, 3.63) is 22.7 Å². The fourth-order valence-corrected chi connectivity index (χ4v) is 2.77. The third-order valence-electron chi connectivity index (χ3n) is 2.47. The summed E-state index contributed by atoms with van der Waals surface area (Å²) in [5.74, 6) is -0.109. The number of likely N-dealkylation sites (N-methyl/N-ethyl adjacent to an activating group) is 1. The number of nitrogens with zero attached hydrogens (tertiary/aromatic N) is 2. The minimum atomic E-state index is -0.109. The topological polar surface area (TPSA) is 45.2 Å². The molecule has 86 valence electrons. The molecule has 0 bridgehead atoms. The summed E-state index contributed by atoms with van der Waals surface area (Å²) >= 11 is 1.57. The lowest BCUT2D eigenvalue weighted by molar-refractivity contribution is -0.111. The molecule has 4 nitrogen and oxygen atoms in total. The van der Waals surface area contributed by atoms with Crippen molar-refractivity contribution in [3.8, 4) is 0 Å². The zero-order valence-corrected chi connectivity index (χ0v) is 10.3. The van der Waals surface area contributed by atoms with Crippen LogP contribution >= 0.6 is 11.3 Å². The third kappa shape index (κ3) is 2.48. The van der Waals surface area contributed by atoms with Gasteiger partial charge in [-0.2, -0.15) is 0 Å². The van der Waals surface area contributed by atoms with E-state index < -0.39 is 0 Å². The lowest BCUT2D eigenvalue weighted by Crippen LogP contribution is -2.25. The summed E-state index contributed by atoms with van der Waals surface area (Å²) in [6.07, 6.45) is 4.20. The molecule has 1 amide bonds. The van der Waals surface area contributed by atoms with Gasteiger partial charge in [0.1, 0.15) is 0 Å². The molecule has 0 aliphatic carbocycles. The maximum absolute atomic E-state index is 11.3. The Kier molecular flexibility index (Phi) is 3.36. The predicted molar refractivity (Wildman–Crippen MR) is 65.6 cm³/mol. The Balaban J connectivity index is 2.10. The highest BCUT2D eigenvalue weighted by Crippen LogP contribution is 2.27. The number of rotatable bonds is 2. The summed E-state index contributed by atoms with van der Waals surface area (Å²) < 4.78 is 0. The Bertz CT molecular complexity index is 425. The molecule has 5 heteroatoms. The first kappa shape index (κ1) is 11.3. The number of allylic oxidation sites excluding steroid dienone is 1. The first-order chi connectivity index (χ1) is 7.69. The highest BCUT2D eigenvalue weighted by atomic mass is 32.1. The van der Waals surface area contributed by atoms with E-state index in [4.69, 9.17) is 0 Å². The summed E-state index contributed by atoms with van der Waals surface area (Å²) in [4.78, 5) is 19.3. The fourth-order valence-electron chi connectivity index (χ4n) is 1.68. The van der Waals surface area contributed by atoms with Gasteiger partial charge in [0.15, 0.2) is 5.13 Å². The van der Waals surface area contributed by atoms with E-state index in [2.05, 4.69) is 22.2 Å². The van der Waals surface area contributed by atoms with Gasteiger partial charge >= 0.3 is 0 Å². The number of anilines is 1. The molecule has 0 saturated carbocycles. The summed E-state index contributed by atoms with van der Waals surface area (Å²) in [6.45, 7) is 3.80. The van der Waals surface area contributed by atoms with Crippen LogP contribution in [-0.4, -0.2) is 29.4 Å². The zero-order valence-electron chi connectivity index (χ0n) is 9.49. The Morgan fingerprint density at radius 2 is 2.44 bits per heavy atom. The van der Waals surface area contributed by atoms with Crippen LogP contribution in [0.2, 0.25) is 0 Å². The van der Waals surface area contributed by atoms with E-state index in [0.717, 1.165) is 25.2 Å². The number of aromatic nitrogens is 1. The van der Waals surface area contributed by atoms with Crippen LogP contribution in [0.3, 0.4) is 0 Å². The van der Waals surface area contributed by atoms with E-state index >= 15 is 0 Å². The highest BCUT2D eigenvalue weighted by Gasteiger charge is 2.18. The lowest BCUT2D eigenvalue weighted by Gasteiger charge is -2.20. The summed E-state index contributed by atoms with van der Waals surface area (Å²) in [5, 5.41) is 3.49. The molecule has 0 saturated heterocycles. The van der Waals surface area contributed by atoms with Crippen molar-refractivity contribution in [2.24, 2.45) is 0 Å². The van der Waals surface area contributed by atoms with E-state index in [-0.39, 0.29) is 5.91 Å². The second-order valence-electron chi connectivity index (χ2n) is 3.87. The molecule has 16 heavy (non-hydrogen) atoms. The Morgan fingerprint density at radius 3 is 3.19 bits per heavy atom. The van der Waals surface area contributed by atoms with E-state index in [0.29, 0.717) is 5.13 Å². The van der Waals surface area contributed by atoms with Crippen LogP contribution in [0.5, 0.6) is 0 Å². The Morgan fingerprint density at radius 1 is 1.62 bits per heavy atom. The average molecular weight is 237 g/mol. The minimum Gasteiger partial charge on any atom is -0.301 e. The van der Waals surface area contributed by atoms with Gasteiger partial charge in [0, 0.05) is 24.4 Å². The van der Waals surface area contributed by atoms with Crippen molar-refractivity contribution in [1.29, 1.82) is 0 Å². The van der Waals surface area contributed by atoms with Crippen LogP contribution in [-0.2, 0) is 17.8 Å². The molecule has 1 aromatic heterocycles. The number of amides is 1. The van der Waals surface area contributed by atoms with Gasteiger partial charge in [-0.1, -0.05) is 6.08 Å². The van der Waals surface area contributed by atoms with Crippen LogP contribution in [0.4, 0.5) is 5.13 Å². The molecule has 2 heterocycles. The molecular weight excluding hydrogens is 222 g/mol. The van der Waals surface area contributed by atoms with Gasteiger partial charge in [0.25, 0.3) is 0 Å². The molecule has 0 fully saturated rings. The average Bonchev–Trinajstić information content (AvgIpc) is 2.59. The minimum absolute atomic E-state index is 0.109. The summed E-state index contributed by atoms with van der Waals surface area (Å²) in [7, 11) is 2.10. The summed E-state index contributed by atoms with van der Waals surface area (Å²) in [6, 6.07) is 0. The zero-order chi connectivity index (χ0) is 11.5. The van der Waals surface area contributed by atoms with Crippen molar-refractivity contribution >= 4 is 22.4 Å². The molecule has 1 N–H and O–H groups in total. The van der Waals surface area contributed by atoms with E-state index in [1.807, 2.05) is 6.92 Å². The number of thiazole rings is 1. The Hall–Kier alpha value is -1.20. The molecule has 0 radical (unpaired) electrons.